The van der Waals surface area contributed by atoms with E-state index in [1.807, 2.05) is 37.3 Å². The van der Waals surface area contributed by atoms with Crippen molar-refractivity contribution in [3.63, 3.8) is 0 Å². The van der Waals surface area contributed by atoms with Crippen LogP contribution >= 0.6 is 0 Å². The van der Waals surface area contributed by atoms with E-state index in [0.29, 0.717) is 45.5 Å². The van der Waals surface area contributed by atoms with Crippen molar-refractivity contribution in [1.82, 2.24) is 5.32 Å². The third kappa shape index (κ3) is 5.95. The predicted octanol–water partition coefficient (Wildman–Crippen LogP) is 3.21. The van der Waals surface area contributed by atoms with Crippen LogP contribution in [-0.2, 0) is 11.2 Å². The Morgan fingerprint density at radius 1 is 0.968 bits per heavy atom. The van der Waals surface area contributed by atoms with Crippen LogP contribution in [-0.4, -0.2) is 52.3 Å². The molecule has 2 aromatic carbocycles. The van der Waals surface area contributed by atoms with Gasteiger partial charge in [-0.25, -0.2) is 0 Å². The molecule has 2 aliphatic rings. The maximum absolute atomic E-state index is 5.79. The number of fused-ring (bicyclic) bond motifs is 2. The molecular weight excluding hydrogens is 398 g/mol. The standard InChI is InChI=1S/C23H29N3O5/c1-2-27-13-10-25-23(24-9-8-17-4-6-20-21(14-17)31-16-30-20)26-18-5-7-19-22(15-18)29-12-3-11-28-19/h4-7,14-15H,2-3,8-13,16H2,1H3,(H2,24,25,26). The zero-order valence-corrected chi connectivity index (χ0v) is 17.8. The van der Waals surface area contributed by atoms with Crippen LogP contribution in [0.2, 0.25) is 0 Å². The highest BCUT2D eigenvalue weighted by Gasteiger charge is 2.14. The topological polar surface area (TPSA) is 82.6 Å². The van der Waals surface area contributed by atoms with Crippen molar-refractivity contribution in [2.45, 2.75) is 19.8 Å². The van der Waals surface area contributed by atoms with Crippen LogP contribution in [0.15, 0.2) is 41.4 Å². The summed E-state index contributed by atoms with van der Waals surface area (Å²) in [6.07, 6.45) is 1.70. The van der Waals surface area contributed by atoms with Gasteiger partial charge in [0.2, 0.25) is 6.79 Å². The van der Waals surface area contributed by atoms with Crippen LogP contribution in [0.25, 0.3) is 0 Å². The lowest BCUT2D eigenvalue weighted by atomic mass is 10.1. The van der Waals surface area contributed by atoms with Crippen molar-refractivity contribution in [3.8, 4) is 23.0 Å². The lowest BCUT2D eigenvalue weighted by Crippen LogP contribution is -2.33. The van der Waals surface area contributed by atoms with E-state index in [0.717, 1.165) is 41.5 Å². The third-order valence-corrected chi connectivity index (χ3v) is 4.86. The summed E-state index contributed by atoms with van der Waals surface area (Å²) >= 11 is 0. The van der Waals surface area contributed by atoms with Crippen molar-refractivity contribution in [2.75, 3.05) is 51.6 Å². The Labute approximate surface area is 182 Å². The number of ether oxygens (including phenoxy) is 5. The van der Waals surface area contributed by atoms with Gasteiger partial charge in [-0.1, -0.05) is 6.07 Å². The minimum Gasteiger partial charge on any atom is -0.490 e. The molecule has 0 bridgehead atoms. The summed E-state index contributed by atoms with van der Waals surface area (Å²) in [5.41, 5.74) is 2.05. The van der Waals surface area contributed by atoms with Crippen LogP contribution in [0.3, 0.4) is 0 Å². The normalized spacial score (nSPS) is 14.8. The zero-order valence-electron chi connectivity index (χ0n) is 17.8. The lowest BCUT2D eigenvalue weighted by Gasteiger charge is -2.15. The first-order valence-corrected chi connectivity index (χ1v) is 10.7. The number of nitrogens with one attached hydrogen (secondary N) is 2. The monoisotopic (exact) mass is 427 g/mol. The van der Waals surface area contributed by atoms with Crippen LogP contribution in [0.5, 0.6) is 23.0 Å². The van der Waals surface area contributed by atoms with Crippen LogP contribution in [0, 0.1) is 0 Å². The van der Waals surface area contributed by atoms with Gasteiger partial charge in [0.1, 0.15) is 0 Å². The van der Waals surface area contributed by atoms with Gasteiger partial charge in [0.05, 0.1) is 26.4 Å². The molecule has 2 N–H and O–H groups in total. The highest BCUT2D eigenvalue weighted by atomic mass is 16.7. The smallest absolute Gasteiger partial charge is 0.231 e. The second kappa shape index (κ2) is 10.8. The fourth-order valence-corrected chi connectivity index (χ4v) is 3.31. The quantitative estimate of drug-likeness (QED) is 0.380. The van der Waals surface area contributed by atoms with Gasteiger partial charge < -0.3 is 34.3 Å². The zero-order chi connectivity index (χ0) is 21.3. The Kier molecular flexibility index (Phi) is 7.33. The molecule has 0 saturated heterocycles. The summed E-state index contributed by atoms with van der Waals surface area (Å²) in [7, 11) is 0. The molecule has 0 aliphatic carbocycles. The number of aliphatic imine (C=N–C) groups is 1. The molecule has 0 saturated carbocycles. The number of anilines is 1. The van der Waals surface area contributed by atoms with Gasteiger partial charge in [-0.05, 0) is 43.2 Å². The van der Waals surface area contributed by atoms with Crippen LogP contribution in [0.1, 0.15) is 18.9 Å². The maximum atomic E-state index is 5.79. The summed E-state index contributed by atoms with van der Waals surface area (Å²) in [6.45, 7) is 6.12. The van der Waals surface area contributed by atoms with Gasteiger partial charge in [-0.15, -0.1) is 0 Å². The van der Waals surface area contributed by atoms with Gasteiger partial charge in [-0.2, -0.15) is 0 Å². The number of nitrogens with zero attached hydrogens (tertiary/aromatic N) is 1. The molecule has 0 spiro atoms. The van der Waals surface area contributed by atoms with E-state index in [1.165, 1.54) is 5.56 Å². The third-order valence-electron chi connectivity index (χ3n) is 4.86. The number of guanidine groups is 1. The molecular formula is C23H29N3O5. The lowest BCUT2D eigenvalue weighted by molar-refractivity contribution is 0.156. The first kappa shape index (κ1) is 21.1. The van der Waals surface area contributed by atoms with Gasteiger partial charge in [0.25, 0.3) is 0 Å². The SMILES string of the molecule is CCOCCN=C(NCCc1ccc2c(c1)OCO2)Nc1ccc2c(c1)OCCCO2. The van der Waals surface area contributed by atoms with Gasteiger partial charge in [0, 0.05) is 31.3 Å². The van der Waals surface area contributed by atoms with Crippen LogP contribution in [0.4, 0.5) is 5.69 Å². The number of benzene rings is 2. The van der Waals surface area contributed by atoms with E-state index in [2.05, 4.69) is 21.7 Å². The molecule has 0 amide bonds. The van der Waals surface area contributed by atoms with Crippen molar-refractivity contribution in [2.24, 2.45) is 4.99 Å². The fourth-order valence-electron chi connectivity index (χ4n) is 3.31. The largest absolute Gasteiger partial charge is 0.490 e. The number of rotatable bonds is 8. The van der Waals surface area contributed by atoms with E-state index in [-0.39, 0.29) is 6.79 Å². The van der Waals surface area contributed by atoms with Gasteiger partial charge in [0.15, 0.2) is 29.0 Å². The molecule has 8 nitrogen and oxygen atoms in total. The first-order valence-electron chi connectivity index (χ1n) is 10.7. The number of hydrogen-bond acceptors (Lipinski definition) is 6. The predicted molar refractivity (Wildman–Crippen MR) is 119 cm³/mol. The average Bonchev–Trinajstić information content (AvgIpc) is 3.13. The summed E-state index contributed by atoms with van der Waals surface area (Å²) < 4.78 is 27.8. The van der Waals surface area contributed by atoms with Crippen molar-refractivity contribution < 1.29 is 23.7 Å². The molecule has 2 aromatic rings. The Morgan fingerprint density at radius 3 is 2.65 bits per heavy atom. The van der Waals surface area contributed by atoms with Gasteiger partial charge in [-0.3, -0.25) is 4.99 Å². The molecule has 4 rings (SSSR count). The maximum Gasteiger partial charge on any atom is 0.231 e. The average molecular weight is 428 g/mol. The minimum atomic E-state index is 0.285. The van der Waals surface area contributed by atoms with Crippen molar-refractivity contribution in [1.29, 1.82) is 0 Å². The first-order chi connectivity index (χ1) is 15.3. The number of hydrogen-bond donors (Lipinski definition) is 2. The molecule has 0 unspecified atom stereocenters. The van der Waals surface area contributed by atoms with E-state index >= 15 is 0 Å². The Balaban J connectivity index is 1.37. The Bertz CT molecular complexity index is 903. The Hall–Kier alpha value is -3.13. The summed E-state index contributed by atoms with van der Waals surface area (Å²) in [5.74, 6) is 3.81. The van der Waals surface area contributed by atoms with E-state index < -0.39 is 0 Å². The molecule has 0 radical (unpaired) electrons. The van der Waals surface area contributed by atoms with E-state index in [1.54, 1.807) is 0 Å². The minimum absolute atomic E-state index is 0.285. The molecule has 2 heterocycles. The highest BCUT2D eigenvalue weighted by Crippen LogP contribution is 2.33. The molecule has 166 valence electrons. The van der Waals surface area contributed by atoms with E-state index in [9.17, 15) is 0 Å². The van der Waals surface area contributed by atoms with Gasteiger partial charge >= 0.3 is 0 Å². The molecule has 0 fully saturated rings. The summed E-state index contributed by atoms with van der Waals surface area (Å²) in [4.78, 5) is 4.63. The van der Waals surface area contributed by atoms with Crippen molar-refractivity contribution in [3.05, 3.63) is 42.0 Å². The van der Waals surface area contributed by atoms with E-state index in [4.69, 9.17) is 23.7 Å². The van der Waals surface area contributed by atoms with Crippen molar-refractivity contribution >= 4 is 11.6 Å². The molecule has 0 aromatic heterocycles. The van der Waals surface area contributed by atoms with Crippen LogP contribution < -0.4 is 29.6 Å². The molecule has 2 aliphatic heterocycles. The summed E-state index contributed by atoms with van der Waals surface area (Å²) in [6, 6.07) is 11.9. The second-order valence-electron chi connectivity index (χ2n) is 7.13. The fraction of sp³-hybridized carbons (Fsp3) is 0.435. The summed E-state index contributed by atoms with van der Waals surface area (Å²) in [5, 5.41) is 6.75. The highest BCUT2D eigenvalue weighted by molar-refractivity contribution is 5.94. The molecule has 0 atom stereocenters. The second-order valence-corrected chi connectivity index (χ2v) is 7.13. The molecule has 31 heavy (non-hydrogen) atoms. The Morgan fingerprint density at radius 2 is 1.74 bits per heavy atom. The molecule has 8 heteroatoms.